The molecule has 0 saturated heterocycles. The van der Waals surface area contributed by atoms with E-state index in [4.69, 9.17) is 13.6 Å². The Morgan fingerprint density at radius 2 is 1.81 bits per heavy atom. The summed E-state index contributed by atoms with van der Waals surface area (Å²) in [6, 6.07) is 0. The van der Waals surface area contributed by atoms with Crippen LogP contribution in [0.1, 0.15) is 39.5 Å². The van der Waals surface area contributed by atoms with Crippen LogP contribution in [0.3, 0.4) is 0 Å². The molecule has 0 radical (unpaired) electrons. The van der Waals surface area contributed by atoms with Gasteiger partial charge in [0.05, 0.1) is 19.3 Å². The Balaban J connectivity index is 1.93. The maximum absolute atomic E-state index is 12.2. The summed E-state index contributed by atoms with van der Waals surface area (Å²) in [6.45, 7) is 4.32. The molecule has 2 bridgehead atoms. The van der Waals surface area contributed by atoms with Crippen molar-refractivity contribution in [2.45, 2.75) is 45.6 Å². The lowest BCUT2D eigenvalue weighted by molar-refractivity contribution is 0.0578. The van der Waals surface area contributed by atoms with E-state index < -0.39 is 7.82 Å². The Kier molecular flexibility index (Phi) is 4.06. The second-order valence-corrected chi connectivity index (χ2v) is 6.22. The van der Waals surface area contributed by atoms with Gasteiger partial charge in [-0.05, 0) is 51.4 Å². The van der Waals surface area contributed by atoms with Gasteiger partial charge in [-0.25, -0.2) is 4.57 Å². The van der Waals surface area contributed by atoms with Crippen LogP contribution >= 0.6 is 7.82 Å². The molecule has 16 heavy (non-hydrogen) atoms. The van der Waals surface area contributed by atoms with E-state index in [-0.39, 0.29) is 6.10 Å². The van der Waals surface area contributed by atoms with Crippen molar-refractivity contribution < 1.29 is 18.1 Å². The molecule has 0 aromatic heterocycles. The zero-order valence-electron chi connectivity index (χ0n) is 10.1. The third-order valence-corrected chi connectivity index (χ3v) is 5.19. The molecule has 0 unspecified atom stereocenters. The fraction of sp³-hybridized carbons (Fsp3) is 1.00. The highest BCUT2D eigenvalue weighted by molar-refractivity contribution is 7.48. The van der Waals surface area contributed by atoms with Crippen molar-refractivity contribution in [2.75, 3.05) is 13.2 Å². The number of hydrogen-bond acceptors (Lipinski definition) is 4. The van der Waals surface area contributed by atoms with Crippen LogP contribution in [0.25, 0.3) is 0 Å². The third-order valence-electron chi connectivity index (χ3n) is 3.51. The molecule has 0 spiro atoms. The maximum atomic E-state index is 12.2. The molecule has 94 valence electrons. The number of hydrogen-bond donors (Lipinski definition) is 0. The van der Waals surface area contributed by atoms with Gasteiger partial charge in [0.2, 0.25) is 0 Å². The molecule has 2 fully saturated rings. The fourth-order valence-corrected chi connectivity index (χ4v) is 4.31. The van der Waals surface area contributed by atoms with Gasteiger partial charge in [0.25, 0.3) is 0 Å². The van der Waals surface area contributed by atoms with Crippen molar-refractivity contribution in [1.82, 2.24) is 0 Å². The Bertz CT molecular complexity index is 271. The Labute approximate surface area is 97.3 Å². The molecule has 0 aromatic carbocycles. The lowest BCUT2D eigenvalue weighted by Crippen LogP contribution is -2.20. The molecule has 2 saturated carbocycles. The molecule has 0 aromatic rings. The summed E-state index contributed by atoms with van der Waals surface area (Å²) >= 11 is 0. The van der Waals surface area contributed by atoms with Crippen molar-refractivity contribution >= 4 is 7.82 Å². The van der Waals surface area contributed by atoms with Gasteiger partial charge in [0, 0.05) is 0 Å². The zero-order chi connectivity index (χ0) is 11.6. The van der Waals surface area contributed by atoms with E-state index in [2.05, 4.69) is 0 Å². The lowest BCUT2D eigenvalue weighted by atomic mass is 9.98. The number of phosphoric acid groups is 1. The van der Waals surface area contributed by atoms with Crippen molar-refractivity contribution in [3.8, 4) is 0 Å². The Hall–Kier alpha value is 0.110. The van der Waals surface area contributed by atoms with Gasteiger partial charge in [-0.15, -0.1) is 0 Å². The second-order valence-electron chi connectivity index (χ2n) is 4.60. The van der Waals surface area contributed by atoms with Crippen molar-refractivity contribution in [1.29, 1.82) is 0 Å². The molecule has 2 rings (SSSR count). The molecule has 2 aliphatic rings. The number of phosphoric ester groups is 1. The summed E-state index contributed by atoms with van der Waals surface area (Å²) < 4.78 is 28.1. The smallest absolute Gasteiger partial charge is 0.287 e. The average molecular weight is 248 g/mol. The van der Waals surface area contributed by atoms with Crippen LogP contribution in [-0.2, 0) is 18.1 Å². The van der Waals surface area contributed by atoms with E-state index in [0.717, 1.165) is 12.3 Å². The highest BCUT2D eigenvalue weighted by atomic mass is 31.2. The van der Waals surface area contributed by atoms with E-state index >= 15 is 0 Å². The summed E-state index contributed by atoms with van der Waals surface area (Å²) in [7, 11) is -3.30. The van der Waals surface area contributed by atoms with Gasteiger partial charge in [0.15, 0.2) is 0 Å². The van der Waals surface area contributed by atoms with Crippen molar-refractivity contribution in [2.24, 2.45) is 11.8 Å². The Morgan fingerprint density at radius 3 is 2.25 bits per heavy atom. The zero-order valence-corrected chi connectivity index (χ0v) is 10.9. The largest absolute Gasteiger partial charge is 0.475 e. The number of fused-ring (bicyclic) bond motifs is 2. The lowest BCUT2D eigenvalue weighted by Gasteiger charge is -2.26. The maximum Gasteiger partial charge on any atom is 0.475 e. The monoisotopic (exact) mass is 248 g/mol. The first-order valence-electron chi connectivity index (χ1n) is 6.24. The Morgan fingerprint density at radius 1 is 1.12 bits per heavy atom. The molecule has 0 amide bonds. The summed E-state index contributed by atoms with van der Waals surface area (Å²) in [5.74, 6) is 1.34. The van der Waals surface area contributed by atoms with E-state index in [9.17, 15) is 4.57 Å². The first-order valence-corrected chi connectivity index (χ1v) is 7.70. The fourth-order valence-electron chi connectivity index (χ4n) is 2.90. The second kappa shape index (κ2) is 5.18. The minimum Gasteiger partial charge on any atom is -0.287 e. The summed E-state index contributed by atoms with van der Waals surface area (Å²) in [4.78, 5) is 0. The molecule has 3 atom stereocenters. The first-order chi connectivity index (χ1) is 7.67. The molecule has 0 aliphatic heterocycles. The van der Waals surface area contributed by atoms with Crippen LogP contribution in [0.15, 0.2) is 0 Å². The van der Waals surface area contributed by atoms with Gasteiger partial charge in [-0.1, -0.05) is 0 Å². The summed E-state index contributed by atoms with van der Waals surface area (Å²) in [5.41, 5.74) is 0. The van der Waals surface area contributed by atoms with E-state index in [0.29, 0.717) is 19.1 Å². The predicted octanol–water partition coefficient (Wildman–Crippen LogP) is 3.37. The van der Waals surface area contributed by atoms with Crippen LogP contribution in [0, 0.1) is 11.8 Å². The van der Waals surface area contributed by atoms with Crippen LogP contribution in [0.2, 0.25) is 0 Å². The normalized spacial score (nSPS) is 33.5. The van der Waals surface area contributed by atoms with Gasteiger partial charge in [0.1, 0.15) is 0 Å². The SMILES string of the molecule is CCOP(=O)(OCC)O[C@H]1C[C@@H]2CC[C@@H]1C2. The molecule has 2 aliphatic carbocycles. The quantitative estimate of drug-likeness (QED) is 0.676. The van der Waals surface area contributed by atoms with E-state index in [1.807, 2.05) is 0 Å². The molecule has 0 N–H and O–H groups in total. The van der Waals surface area contributed by atoms with Crippen LogP contribution in [0.5, 0.6) is 0 Å². The minimum absolute atomic E-state index is 0.0858. The standard InChI is InChI=1S/C11H21O4P/c1-3-13-16(12,14-4-2)15-11-8-9-5-6-10(11)7-9/h9-11H,3-8H2,1-2H3/t9-,10-,11+/m1/s1. The van der Waals surface area contributed by atoms with E-state index in [1.54, 1.807) is 13.8 Å². The minimum atomic E-state index is -3.30. The molecule has 4 nitrogen and oxygen atoms in total. The van der Waals surface area contributed by atoms with Gasteiger partial charge >= 0.3 is 7.82 Å². The highest BCUT2D eigenvalue weighted by Gasteiger charge is 2.44. The van der Waals surface area contributed by atoms with Crippen LogP contribution in [0.4, 0.5) is 0 Å². The van der Waals surface area contributed by atoms with Gasteiger partial charge in [-0.3, -0.25) is 13.6 Å². The highest BCUT2D eigenvalue weighted by Crippen LogP contribution is 2.56. The third kappa shape index (κ3) is 2.67. The summed E-state index contributed by atoms with van der Waals surface area (Å²) in [5, 5.41) is 0. The van der Waals surface area contributed by atoms with Gasteiger partial charge < -0.3 is 0 Å². The van der Waals surface area contributed by atoms with Crippen LogP contribution in [-0.4, -0.2) is 19.3 Å². The predicted molar refractivity (Wildman–Crippen MR) is 61.2 cm³/mol. The average Bonchev–Trinajstić information content (AvgIpc) is 2.79. The molecular formula is C11H21O4P. The summed E-state index contributed by atoms with van der Waals surface area (Å²) in [6.07, 6.45) is 4.84. The van der Waals surface area contributed by atoms with E-state index in [1.165, 1.54) is 19.3 Å². The van der Waals surface area contributed by atoms with Gasteiger partial charge in [-0.2, -0.15) is 0 Å². The molecule has 5 heteroatoms. The molecule has 0 heterocycles. The van der Waals surface area contributed by atoms with Crippen molar-refractivity contribution in [3.63, 3.8) is 0 Å². The molecular weight excluding hydrogens is 227 g/mol. The first kappa shape index (κ1) is 12.6. The number of rotatable bonds is 6. The topological polar surface area (TPSA) is 44.8 Å². The van der Waals surface area contributed by atoms with Crippen LogP contribution < -0.4 is 0 Å². The van der Waals surface area contributed by atoms with Crippen molar-refractivity contribution in [3.05, 3.63) is 0 Å².